The quantitative estimate of drug-likeness (QED) is 0.599. The van der Waals surface area contributed by atoms with Crippen LogP contribution < -0.4 is 10.6 Å². The number of hydrogen-bond donors (Lipinski definition) is 2. The number of carbonyl (C=O) groups is 2. The molecule has 2 amide bonds. The normalized spacial score (nSPS) is 11.0. The summed E-state index contributed by atoms with van der Waals surface area (Å²) in [5.41, 5.74) is 1.13. The van der Waals surface area contributed by atoms with E-state index in [0.29, 0.717) is 13.1 Å². The first kappa shape index (κ1) is 17.2. The molecule has 2 N–H and O–H groups in total. The first-order valence-electron chi connectivity index (χ1n) is 7.50. The monoisotopic (exact) mass is 290 g/mol. The minimum Gasteiger partial charge on any atom is -0.355 e. The molecule has 0 spiro atoms. The van der Waals surface area contributed by atoms with Gasteiger partial charge in [-0.15, -0.1) is 0 Å². The third kappa shape index (κ3) is 5.21. The van der Waals surface area contributed by atoms with Crippen molar-refractivity contribution in [3.8, 4) is 0 Å². The van der Waals surface area contributed by atoms with Gasteiger partial charge in [-0.1, -0.05) is 43.2 Å². The van der Waals surface area contributed by atoms with Crippen LogP contribution in [0.4, 0.5) is 0 Å². The van der Waals surface area contributed by atoms with Crippen LogP contribution in [0.3, 0.4) is 0 Å². The van der Waals surface area contributed by atoms with Gasteiger partial charge in [-0.3, -0.25) is 9.59 Å². The molecule has 0 heterocycles. The first-order chi connectivity index (χ1) is 9.87. The predicted molar refractivity (Wildman–Crippen MR) is 84.7 cm³/mol. The van der Waals surface area contributed by atoms with Crippen LogP contribution in [0.5, 0.6) is 0 Å². The highest BCUT2D eigenvalue weighted by Crippen LogP contribution is 2.16. The molecule has 0 saturated heterocycles. The van der Waals surface area contributed by atoms with E-state index in [1.165, 1.54) is 0 Å². The summed E-state index contributed by atoms with van der Waals surface area (Å²) in [6.07, 6.45) is 1.94. The summed E-state index contributed by atoms with van der Waals surface area (Å²) in [7, 11) is 0. The van der Waals surface area contributed by atoms with Crippen molar-refractivity contribution in [2.24, 2.45) is 5.41 Å². The second-order valence-electron chi connectivity index (χ2n) is 5.91. The average Bonchev–Trinajstić information content (AvgIpc) is 2.44. The summed E-state index contributed by atoms with van der Waals surface area (Å²) in [5, 5.41) is 5.65. The Morgan fingerprint density at radius 3 is 2.43 bits per heavy atom. The predicted octanol–water partition coefficient (Wildman–Crippen LogP) is 2.55. The molecule has 0 aliphatic carbocycles. The number of rotatable bonds is 7. The lowest BCUT2D eigenvalue weighted by atomic mass is 9.91. The van der Waals surface area contributed by atoms with Gasteiger partial charge in [-0.2, -0.15) is 0 Å². The number of unbranched alkanes of at least 4 members (excludes halogenated alkanes) is 1. The molecule has 21 heavy (non-hydrogen) atoms. The van der Waals surface area contributed by atoms with E-state index in [4.69, 9.17) is 0 Å². The molecule has 4 heteroatoms. The molecule has 0 saturated carbocycles. The molecule has 1 aromatic carbocycles. The Bertz CT molecular complexity index is 495. The van der Waals surface area contributed by atoms with Crippen LogP contribution >= 0.6 is 0 Å². The molecule has 1 aromatic rings. The zero-order valence-electron chi connectivity index (χ0n) is 13.5. The zero-order chi connectivity index (χ0) is 15.9. The fourth-order valence-corrected chi connectivity index (χ4v) is 1.93. The number of amides is 2. The molecular weight excluding hydrogens is 264 g/mol. The molecule has 0 radical (unpaired) electrons. The Morgan fingerprint density at radius 2 is 1.81 bits per heavy atom. The SMILES string of the molecule is CCCCNC(=O)C(C)(C)C(=O)NCc1cccc(C)c1. The van der Waals surface area contributed by atoms with Gasteiger partial charge in [0.15, 0.2) is 0 Å². The fourth-order valence-electron chi connectivity index (χ4n) is 1.93. The van der Waals surface area contributed by atoms with Gasteiger partial charge < -0.3 is 10.6 Å². The van der Waals surface area contributed by atoms with E-state index >= 15 is 0 Å². The van der Waals surface area contributed by atoms with Crippen molar-refractivity contribution in [1.29, 1.82) is 0 Å². The van der Waals surface area contributed by atoms with E-state index in [2.05, 4.69) is 17.6 Å². The standard InChI is InChI=1S/C17H26N2O2/c1-5-6-10-18-15(20)17(3,4)16(21)19-12-14-9-7-8-13(2)11-14/h7-9,11H,5-6,10,12H2,1-4H3,(H,18,20)(H,19,21). The topological polar surface area (TPSA) is 58.2 Å². The van der Waals surface area contributed by atoms with E-state index in [1.54, 1.807) is 13.8 Å². The largest absolute Gasteiger partial charge is 0.355 e. The van der Waals surface area contributed by atoms with E-state index in [1.807, 2.05) is 31.2 Å². The number of aryl methyl sites for hydroxylation is 1. The van der Waals surface area contributed by atoms with Gasteiger partial charge in [0.1, 0.15) is 5.41 Å². The number of carbonyl (C=O) groups excluding carboxylic acids is 2. The van der Waals surface area contributed by atoms with Gasteiger partial charge in [-0.25, -0.2) is 0 Å². The highest BCUT2D eigenvalue weighted by Gasteiger charge is 2.35. The van der Waals surface area contributed by atoms with Crippen molar-refractivity contribution in [3.63, 3.8) is 0 Å². The maximum absolute atomic E-state index is 12.2. The Kier molecular flexibility index (Phi) is 6.40. The van der Waals surface area contributed by atoms with Crippen molar-refractivity contribution in [1.82, 2.24) is 10.6 Å². The molecule has 0 aliphatic rings. The third-order valence-electron chi connectivity index (χ3n) is 3.49. The first-order valence-corrected chi connectivity index (χ1v) is 7.50. The average molecular weight is 290 g/mol. The van der Waals surface area contributed by atoms with E-state index in [0.717, 1.165) is 24.0 Å². The zero-order valence-corrected chi connectivity index (χ0v) is 13.5. The lowest BCUT2D eigenvalue weighted by Gasteiger charge is -2.22. The summed E-state index contributed by atoms with van der Waals surface area (Å²) >= 11 is 0. The molecule has 1 rings (SSSR count). The Labute approximate surface area is 127 Å². The van der Waals surface area contributed by atoms with Crippen molar-refractivity contribution in [3.05, 3.63) is 35.4 Å². The maximum Gasteiger partial charge on any atom is 0.235 e. The van der Waals surface area contributed by atoms with Crippen LogP contribution in [-0.4, -0.2) is 18.4 Å². The molecule has 4 nitrogen and oxygen atoms in total. The van der Waals surface area contributed by atoms with Gasteiger partial charge in [-0.05, 0) is 32.8 Å². The summed E-state index contributed by atoms with van der Waals surface area (Å²) < 4.78 is 0. The fraction of sp³-hybridized carbons (Fsp3) is 0.529. The molecule has 0 aliphatic heterocycles. The lowest BCUT2D eigenvalue weighted by Crippen LogP contribution is -2.47. The van der Waals surface area contributed by atoms with Crippen molar-refractivity contribution >= 4 is 11.8 Å². The number of benzene rings is 1. The third-order valence-corrected chi connectivity index (χ3v) is 3.49. The Balaban J connectivity index is 2.54. The van der Waals surface area contributed by atoms with Gasteiger partial charge in [0.25, 0.3) is 0 Å². The van der Waals surface area contributed by atoms with Crippen LogP contribution in [-0.2, 0) is 16.1 Å². The van der Waals surface area contributed by atoms with Crippen LogP contribution in [0.25, 0.3) is 0 Å². The Morgan fingerprint density at radius 1 is 1.14 bits per heavy atom. The van der Waals surface area contributed by atoms with Crippen LogP contribution in [0.1, 0.15) is 44.7 Å². The number of nitrogens with one attached hydrogen (secondary N) is 2. The highest BCUT2D eigenvalue weighted by atomic mass is 16.2. The second-order valence-corrected chi connectivity index (χ2v) is 5.91. The molecular formula is C17H26N2O2. The number of hydrogen-bond acceptors (Lipinski definition) is 2. The smallest absolute Gasteiger partial charge is 0.235 e. The molecule has 0 aromatic heterocycles. The van der Waals surface area contributed by atoms with Crippen LogP contribution in [0.2, 0.25) is 0 Å². The Hall–Kier alpha value is -1.84. The summed E-state index contributed by atoms with van der Waals surface area (Å²) in [4.78, 5) is 24.3. The van der Waals surface area contributed by atoms with Crippen LogP contribution in [0.15, 0.2) is 24.3 Å². The van der Waals surface area contributed by atoms with Crippen molar-refractivity contribution in [2.75, 3.05) is 6.54 Å². The van der Waals surface area contributed by atoms with E-state index < -0.39 is 5.41 Å². The summed E-state index contributed by atoms with van der Waals surface area (Å²) in [6.45, 7) is 8.43. The van der Waals surface area contributed by atoms with Gasteiger partial charge in [0.2, 0.25) is 11.8 Å². The molecule has 0 atom stereocenters. The lowest BCUT2D eigenvalue weighted by molar-refractivity contribution is -0.141. The molecule has 116 valence electrons. The van der Waals surface area contributed by atoms with Crippen molar-refractivity contribution in [2.45, 2.75) is 47.1 Å². The highest BCUT2D eigenvalue weighted by molar-refractivity contribution is 6.04. The summed E-state index contributed by atoms with van der Waals surface area (Å²) in [5.74, 6) is -0.476. The molecule has 0 bridgehead atoms. The van der Waals surface area contributed by atoms with E-state index in [9.17, 15) is 9.59 Å². The van der Waals surface area contributed by atoms with Gasteiger partial charge >= 0.3 is 0 Å². The van der Waals surface area contributed by atoms with Crippen LogP contribution in [0, 0.1) is 12.3 Å². The minimum absolute atomic E-state index is 0.224. The van der Waals surface area contributed by atoms with Gasteiger partial charge in [0, 0.05) is 13.1 Å². The molecule has 0 fully saturated rings. The maximum atomic E-state index is 12.2. The minimum atomic E-state index is -1.06. The second kappa shape index (κ2) is 7.81. The van der Waals surface area contributed by atoms with Crippen molar-refractivity contribution < 1.29 is 9.59 Å². The summed E-state index contributed by atoms with van der Waals surface area (Å²) in [6, 6.07) is 7.95. The van der Waals surface area contributed by atoms with Gasteiger partial charge in [0.05, 0.1) is 0 Å². The molecule has 0 unspecified atom stereocenters. The van der Waals surface area contributed by atoms with E-state index in [-0.39, 0.29) is 11.8 Å².